The van der Waals surface area contributed by atoms with Crippen molar-refractivity contribution >= 4 is 21.6 Å². The fraction of sp³-hybridized carbons (Fsp3) is 0.520. The molecule has 0 saturated carbocycles. The molecule has 0 amide bonds. The minimum Gasteiger partial charge on any atom is -0.390 e. The number of nitrogens with one attached hydrogen (secondary N) is 1. The lowest BCUT2D eigenvalue weighted by atomic mass is 9.97. The van der Waals surface area contributed by atoms with E-state index in [4.69, 9.17) is 9.72 Å². The second kappa shape index (κ2) is 10.4. The Hall–Kier alpha value is -2.10. The Morgan fingerprint density at radius 2 is 1.94 bits per heavy atom. The zero-order chi connectivity index (χ0) is 22.6. The number of aryl methyl sites for hydroxylation is 2. The lowest BCUT2D eigenvalue weighted by Crippen LogP contribution is -2.44. The first-order valence-electron chi connectivity index (χ1n) is 11.9. The van der Waals surface area contributed by atoms with Gasteiger partial charge in [0, 0.05) is 37.6 Å². The van der Waals surface area contributed by atoms with E-state index in [1.165, 1.54) is 22.4 Å². The van der Waals surface area contributed by atoms with Crippen molar-refractivity contribution in [3.05, 3.63) is 62.5 Å². The average molecular weight is 469 g/mol. The molecule has 8 heteroatoms. The first kappa shape index (κ1) is 22.7. The highest BCUT2D eigenvalue weighted by Gasteiger charge is 2.22. The summed E-state index contributed by atoms with van der Waals surface area (Å²) < 4.78 is 5.42. The van der Waals surface area contributed by atoms with Crippen LogP contribution in [-0.4, -0.2) is 70.4 Å². The lowest BCUT2D eigenvalue weighted by Gasteiger charge is -2.31. The molecule has 0 radical (unpaired) electrons. The number of β-amino-alcohol motifs (C(OH)–C–C–N with tert-alkyl or cyclic N) is 1. The summed E-state index contributed by atoms with van der Waals surface area (Å²) in [6, 6.07) is 10.2. The number of H-pyrrole nitrogens is 1. The van der Waals surface area contributed by atoms with Gasteiger partial charge in [-0.1, -0.05) is 30.3 Å². The van der Waals surface area contributed by atoms with Crippen molar-refractivity contribution < 1.29 is 9.84 Å². The van der Waals surface area contributed by atoms with Gasteiger partial charge in [-0.05, 0) is 36.8 Å². The number of nitrogens with zero attached hydrogens (tertiary/aromatic N) is 3. The van der Waals surface area contributed by atoms with Gasteiger partial charge >= 0.3 is 0 Å². The summed E-state index contributed by atoms with van der Waals surface area (Å²) in [5, 5.41) is 11.6. The Labute approximate surface area is 198 Å². The molecule has 1 aliphatic heterocycles. The molecule has 1 atom stereocenters. The molecule has 176 valence electrons. The number of thiophene rings is 1. The Morgan fingerprint density at radius 3 is 2.76 bits per heavy atom. The average Bonchev–Trinajstić information content (AvgIpc) is 3.19. The van der Waals surface area contributed by atoms with Gasteiger partial charge < -0.3 is 14.8 Å². The van der Waals surface area contributed by atoms with Crippen LogP contribution >= 0.6 is 11.3 Å². The number of rotatable bonds is 8. The molecule has 1 aliphatic carbocycles. The molecule has 1 fully saturated rings. The van der Waals surface area contributed by atoms with E-state index in [9.17, 15) is 9.90 Å². The molecule has 1 saturated heterocycles. The molecular formula is C25H32N4O3S. The summed E-state index contributed by atoms with van der Waals surface area (Å²) in [4.78, 5) is 27.5. The lowest BCUT2D eigenvalue weighted by molar-refractivity contribution is 0.00537. The van der Waals surface area contributed by atoms with Crippen LogP contribution in [0.15, 0.2) is 35.1 Å². The quantitative estimate of drug-likeness (QED) is 0.529. The smallest absolute Gasteiger partial charge is 0.259 e. The molecule has 0 bridgehead atoms. The number of aliphatic hydroxyl groups excluding tert-OH is 1. The fourth-order valence-corrected chi connectivity index (χ4v) is 6.24. The summed E-state index contributed by atoms with van der Waals surface area (Å²) in [7, 11) is 0. The highest BCUT2D eigenvalue weighted by Crippen LogP contribution is 2.33. The number of morpholine rings is 1. The maximum atomic E-state index is 13.0. The number of ether oxygens (including phenoxy) is 1. The molecule has 2 N–H and O–H groups in total. The van der Waals surface area contributed by atoms with Crippen LogP contribution < -0.4 is 5.56 Å². The Morgan fingerprint density at radius 1 is 1.15 bits per heavy atom. The molecule has 33 heavy (non-hydrogen) atoms. The van der Waals surface area contributed by atoms with Crippen molar-refractivity contribution in [2.24, 2.45) is 0 Å². The van der Waals surface area contributed by atoms with E-state index < -0.39 is 6.10 Å². The van der Waals surface area contributed by atoms with Gasteiger partial charge in [-0.3, -0.25) is 14.6 Å². The first-order valence-corrected chi connectivity index (χ1v) is 12.8. The van der Waals surface area contributed by atoms with Gasteiger partial charge in [0.05, 0.1) is 31.2 Å². The number of hydrogen-bond acceptors (Lipinski definition) is 7. The van der Waals surface area contributed by atoms with Gasteiger partial charge in [0.25, 0.3) is 5.56 Å². The molecule has 3 heterocycles. The van der Waals surface area contributed by atoms with E-state index in [0.29, 0.717) is 32.0 Å². The minimum atomic E-state index is -0.490. The van der Waals surface area contributed by atoms with Crippen LogP contribution in [0.1, 0.15) is 34.7 Å². The van der Waals surface area contributed by atoms with Crippen LogP contribution in [-0.2, 0) is 30.7 Å². The fourth-order valence-electron chi connectivity index (χ4n) is 4.96. The predicted molar refractivity (Wildman–Crippen MR) is 131 cm³/mol. The molecule has 2 aliphatic rings. The topological polar surface area (TPSA) is 81.7 Å². The Kier molecular flexibility index (Phi) is 7.18. The largest absolute Gasteiger partial charge is 0.390 e. The molecular weight excluding hydrogens is 436 g/mol. The van der Waals surface area contributed by atoms with Gasteiger partial charge in [0.1, 0.15) is 10.7 Å². The van der Waals surface area contributed by atoms with Crippen molar-refractivity contribution in [2.75, 3.05) is 39.4 Å². The van der Waals surface area contributed by atoms with Crippen molar-refractivity contribution in [2.45, 2.75) is 44.9 Å². The van der Waals surface area contributed by atoms with Gasteiger partial charge in [-0.25, -0.2) is 4.98 Å². The number of aromatic nitrogens is 2. The van der Waals surface area contributed by atoms with E-state index in [1.54, 1.807) is 11.3 Å². The normalized spacial score (nSPS) is 18.0. The van der Waals surface area contributed by atoms with Crippen molar-refractivity contribution in [3.8, 4) is 0 Å². The van der Waals surface area contributed by atoms with E-state index in [2.05, 4.69) is 26.9 Å². The van der Waals surface area contributed by atoms with Crippen molar-refractivity contribution in [1.82, 2.24) is 19.8 Å². The van der Waals surface area contributed by atoms with Crippen LogP contribution in [0, 0.1) is 0 Å². The molecule has 5 rings (SSSR count). The maximum Gasteiger partial charge on any atom is 0.259 e. The van der Waals surface area contributed by atoms with Gasteiger partial charge in [-0.15, -0.1) is 11.3 Å². The third kappa shape index (κ3) is 5.53. The number of hydrogen-bond donors (Lipinski definition) is 2. The van der Waals surface area contributed by atoms with E-state index in [0.717, 1.165) is 55.8 Å². The summed E-state index contributed by atoms with van der Waals surface area (Å²) in [6.07, 6.45) is 3.88. The summed E-state index contributed by atoms with van der Waals surface area (Å²) in [5.74, 6) is 0.667. The first-order chi connectivity index (χ1) is 16.2. The number of benzene rings is 1. The van der Waals surface area contributed by atoms with Crippen LogP contribution in [0.25, 0.3) is 10.2 Å². The number of fused-ring (bicyclic) bond motifs is 3. The van der Waals surface area contributed by atoms with E-state index >= 15 is 0 Å². The SMILES string of the molecule is O=c1[nH]c(CN(Cc2ccccc2)C[C@H](O)CN2CCOCC2)nc2sc3c(c12)CCCC3. The van der Waals surface area contributed by atoms with E-state index in [1.807, 2.05) is 18.2 Å². The second-order valence-electron chi connectivity index (χ2n) is 9.13. The third-order valence-electron chi connectivity index (χ3n) is 6.54. The van der Waals surface area contributed by atoms with Crippen LogP contribution in [0.3, 0.4) is 0 Å². The Balaban J connectivity index is 1.35. The van der Waals surface area contributed by atoms with Gasteiger partial charge in [-0.2, -0.15) is 0 Å². The molecule has 1 aromatic carbocycles. The summed E-state index contributed by atoms with van der Waals surface area (Å²) >= 11 is 1.68. The van der Waals surface area contributed by atoms with Gasteiger partial charge in [0.2, 0.25) is 0 Å². The standard InChI is InChI=1S/C25H32N4O3S/c30-19(15-28-10-12-32-13-11-28)16-29(14-18-6-2-1-3-7-18)17-22-26-24(31)23-20-8-4-5-9-21(20)33-25(23)27-22/h1-3,6-7,19,30H,4-5,8-17H2,(H,26,27,31)/t19-/m1/s1. The Bertz CT molecular complexity index is 1120. The van der Waals surface area contributed by atoms with E-state index in [-0.39, 0.29) is 5.56 Å². The number of aliphatic hydroxyl groups is 1. The van der Waals surface area contributed by atoms with Crippen molar-refractivity contribution in [3.63, 3.8) is 0 Å². The molecule has 0 spiro atoms. The van der Waals surface area contributed by atoms with Crippen LogP contribution in [0.5, 0.6) is 0 Å². The zero-order valence-electron chi connectivity index (χ0n) is 19.0. The van der Waals surface area contributed by atoms with Crippen molar-refractivity contribution in [1.29, 1.82) is 0 Å². The molecule has 3 aromatic rings. The summed E-state index contributed by atoms with van der Waals surface area (Å²) in [6.45, 7) is 5.44. The highest BCUT2D eigenvalue weighted by atomic mass is 32.1. The predicted octanol–water partition coefficient (Wildman–Crippen LogP) is 2.56. The summed E-state index contributed by atoms with van der Waals surface area (Å²) in [5.41, 5.74) is 2.36. The number of aromatic amines is 1. The zero-order valence-corrected chi connectivity index (χ0v) is 19.8. The molecule has 7 nitrogen and oxygen atoms in total. The minimum absolute atomic E-state index is 0.0251. The second-order valence-corrected chi connectivity index (χ2v) is 10.2. The third-order valence-corrected chi connectivity index (χ3v) is 7.72. The molecule has 2 aromatic heterocycles. The molecule has 0 unspecified atom stereocenters. The maximum absolute atomic E-state index is 13.0. The monoisotopic (exact) mass is 468 g/mol. The van der Waals surface area contributed by atoms with Crippen LogP contribution in [0.2, 0.25) is 0 Å². The van der Waals surface area contributed by atoms with Crippen LogP contribution in [0.4, 0.5) is 0 Å². The highest BCUT2D eigenvalue weighted by molar-refractivity contribution is 7.18. The van der Waals surface area contributed by atoms with Gasteiger partial charge in [0.15, 0.2) is 0 Å².